The Morgan fingerprint density at radius 3 is 2.50 bits per heavy atom. The molecule has 0 aliphatic heterocycles. The molecule has 2 aromatic rings. The van der Waals surface area contributed by atoms with E-state index in [9.17, 15) is 8.42 Å². The molecule has 8 nitrogen and oxygen atoms in total. The first-order chi connectivity index (χ1) is 11.4. The molecular weight excluding hydrogens is 372 g/mol. The maximum Gasteiger partial charge on any atom is 0.263 e. The maximum atomic E-state index is 12.3. The van der Waals surface area contributed by atoms with Crippen LogP contribution >= 0.6 is 23.4 Å². The summed E-state index contributed by atoms with van der Waals surface area (Å²) < 4.78 is 26.8. The van der Waals surface area contributed by atoms with Crippen molar-refractivity contribution in [2.24, 2.45) is 4.99 Å². The van der Waals surface area contributed by atoms with Gasteiger partial charge in [0, 0.05) is 0 Å². The van der Waals surface area contributed by atoms with Crippen LogP contribution in [-0.4, -0.2) is 30.0 Å². The van der Waals surface area contributed by atoms with Crippen LogP contribution in [0.25, 0.3) is 0 Å². The van der Waals surface area contributed by atoms with Gasteiger partial charge in [-0.05, 0) is 42.7 Å². The molecule has 0 atom stereocenters. The minimum Gasteiger partial charge on any atom is -0.271 e. The molecule has 1 heterocycles. The zero-order valence-corrected chi connectivity index (χ0v) is 14.7. The second kappa shape index (κ2) is 7.96. The van der Waals surface area contributed by atoms with Gasteiger partial charge in [0.25, 0.3) is 10.0 Å². The van der Waals surface area contributed by atoms with Gasteiger partial charge >= 0.3 is 0 Å². The van der Waals surface area contributed by atoms with Crippen LogP contribution < -0.4 is 10.0 Å². The molecule has 0 amide bonds. The highest BCUT2D eigenvalue weighted by Crippen LogP contribution is 2.20. The van der Waals surface area contributed by atoms with Crippen LogP contribution in [0.15, 0.2) is 46.3 Å². The first-order valence-corrected chi connectivity index (χ1v) is 9.43. The van der Waals surface area contributed by atoms with Gasteiger partial charge in [0.05, 0.1) is 10.6 Å². The molecule has 0 aliphatic carbocycles. The number of nitrogens with zero attached hydrogens (tertiary/aromatic N) is 4. The Morgan fingerprint density at radius 1 is 1.25 bits per heavy atom. The molecule has 2 rings (SSSR count). The van der Waals surface area contributed by atoms with Crippen LogP contribution in [0, 0.1) is 11.5 Å². The predicted molar refractivity (Wildman–Crippen MR) is 93.7 cm³/mol. The van der Waals surface area contributed by atoms with Crippen LogP contribution in [0.2, 0.25) is 5.15 Å². The number of rotatable bonds is 4. The van der Waals surface area contributed by atoms with Crippen molar-refractivity contribution in [1.29, 1.82) is 5.26 Å². The van der Waals surface area contributed by atoms with Crippen LogP contribution in [0.5, 0.6) is 0 Å². The monoisotopic (exact) mass is 382 g/mol. The van der Waals surface area contributed by atoms with Gasteiger partial charge in [-0.2, -0.15) is 5.26 Å². The molecule has 1 aromatic heterocycles. The zero-order chi connectivity index (χ0) is 17.6. The van der Waals surface area contributed by atoms with Crippen molar-refractivity contribution in [2.45, 2.75) is 4.90 Å². The topological polar surface area (TPSA) is 120 Å². The number of sulfonamides is 1. The molecule has 0 unspecified atom stereocenters. The third-order valence-corrected chi connectivity index (χ3v) is 4.76. The predicted octanol–water partition coefficient (Wildman–Crippen LogP) is 2.35. The van der Waals surface area contributed by atoms with Gasteiger partial charge in [-0.25, -0.2) is 13.4 Å². The van der Waals surface area contributed by atoms with E-state index < -0.39 is 10.0 Å². The molecule has 124 valence electrons. The summed E-state index contributed by atoms with van der Waals surface area (Å²) in [6.45, 7) is 0. The normalized spacial score (nSPS) is 11.6. The fourth-order valence-corrected chi connectivity index (χ4v) is 3.00. The summed E-state index contributed by atoms with van der Waals surface area (Å²) in [5, 5.41) is 18.8. The van der Waals surface area contributed by atoms with E-state index in [2.05, 4.69) is 25.2 Å². The molecule has 0 saturated heterocycles. The van der Waals surface area contributed by atoms with Crippen molar-refractivity contribution >= 4 is 50.1 Å². The molecule has 0 fully saturated rings. The minimum atomic E-state index is -3.80. The highest BCUT2D eigenvalue weighted by Gasteiger charge is 2.15. The number of nitrogens with one attached hydrogen (secondary N) is 2. The van der Waals surface area contributed by atoms with E-state index in [1.54, 1.807) is 12.4 Å². The lowest BCUT2D eigenvalue weighted by Gasteiger charge is -2.07. The highest BCUT2D eigenvalue weighted by molar-refractivity contribution is 8.13. The summed E-state index contributed by atoms with van der Waals surface area (Å²) in [6.07, 6.45) is 3.54. The van der Waals surface area contributed by atoms with Gasteiger partial charge in [0.2, 0.25) is 0 Å². The summed E-state index contributed by atoms with van der Waals surface area (Å²) >= 11 is 6.86. The van der Waals surface area contributed by atoms with Gasteiger partial charge in [0.1, 0.15) is 0 Å². The van der Waals surface area contributed by atoms with E-state index in [0.717, 1.165) is 0 Å². The van der Waals surface area contributed by atoms with Crippen molar-refractivity contribution < 1.29 is 8.42 Å². The summed E-state index contributed by atoms with van der Waals surface area (Å²) in [5.74, 6) is 0.0596. The fraction of sp³-hybridized carbons (Fsp3) is 0.0769. The van der Waals surface area contributed by atoms with Crippen LogP contribution in [0.4, 0.5) is 11.5 Å². The lowest BCUT2D eigenvalue weighted by Crippen LogP contribution is -2.14. The van der Waals surface area contributed by atoms with Crippen molar-refractivity contribution in [1.82, 2.24) is 15.5 Å². The molecule has 11 heteroatoms. The molecule has 0 radical (unpaired) electrons. The zero-order valence-electron chi connectivity index (χ0n) is 12.3. The quantitative estimate of drug-likeness (QED) is 0.360. The Labute approximate surface area is 148 Å². The fourth-order valence-electron chi connectivity index (χ4n) is 1.56. The second-order valence-corrected chi connectivity index (χ2v) is 7.06. The van der Waals surface area contributed by atoms with E-state index in [4.69, 9.17) is 16.9 Å². The van der Waals surface area contributed by atoms with Crippen molar-refractivity contribution in [2.75, 3.05) is 11.0 Å². The minimum absolute atomic E-state index is 0.0390. The Hall–Kier alpha value is -2.35. The van der Waals surface area contributed by atoms with E-state index in [-0.39, 0.29) is 15.9 Å². The number of aliphatic imine (C=N–C) groups is 1. The summed E-state index contributed by atoms with van der Waals surface area (Å²) in [6, 6.07) is 8.68. The average molecular weight is 383 g/mol. The SMILES string of the molecule is CSC(=Nc1ccc(S(=O)(=O)Nc2ccc(Cl)nn2)cc1)NC#N. The number of nitriles is 1. The largest absolute Gasteiger partial charge is 0.271 e. The number of benzene rings is 1. The van der Waals surface area contributed by atoms with Crippen molar-refractivity contribution in [3.05, 3.63) is 41.6 Å². The standard InChI is InChI=1S/C13H11ClN6O2S2/c1-23-13(16-8-15)17-9-2-4-10(5-3-9)24(21,22)20-12-7-6-11(14)18-19-12/h2-7H,1H3,(H,16,17)(H,19,20). The van der Waals surface area contributed by atoms with E-state index >= 15 is 0 Å². The number of aromatic nitrogens is 2. The first-order valence-electron chi connectivity index (χ1n) is 6.34. The number of thioether (sulfide) groups is 1. The molecule has 0 bridgehead atoms. The Kier molecular flexibility index (Phi) is 5.97. The number of hydrogen-bond acceptors (Lipinski definition) is 7. The van der Waals surface area contributed by atoms with E-state index in [1.807, 2.05) is 0 Å². The molecule has 1 aromatic carbocycles. The Bertz CT molecular complexity index is 876. The first kappa shape index (κ1) is 18.0. The van der Waals surface area contributed by atoms with Crippen LogP contribution in [0.3, 0.4) is 0 Å². The second-order valence-electron chi connectivity index (χ2n) is 4.20. The van der Waals surface area contributed by atoms with Gasteiger partial charge in [-0.15, -0.1) is 10.2 Å². The van der Waals surface area contributed by atoms with Crippen molar-refractivity contribution in [3.63, 3.8) is 0 Å². The third-order valence-electron chi connectivity index (χ3n) is 2.60. The van der Waals surface area contributed by atoms with Gasteiger partial charge < -0.3 is 0 Å². The Balaban J connectivity index is 2.20. The lowest BCUT2D eigenvalue weighted by atomic mass is 10.3. The number of amidine groups is 1. The van der Waals surface area contributed by atoms with Gasteiger partial charge in [0.15, 0.2) is 22.3 Å². The molecular formula is C13H11ClN6O2S2. The summed E-state index contributed by atoms with van der Waals surface area (Å²) in [7, 11) is -3.80. The number of anilines is 1. The summed E-state index contributed by atoms with van der Waals surface area (Å²) in [4.78, 5) is 4.22. The van der Waals surface area contributed by atoms with Gasteiger partial charge in [-0.3, -0.25) is 10.0 Å². The Morgan fingerprint density at radius 2 is 1.96 bits per heavy atom. The number of halogens is 1. The van der Waals surface area contributed by atoms with E-state index in [1.165, 1.54) is 48.2 Å². The van der Waals surface area contributed by atoms with Gasteiger partial charge in [-0.1, -0.05) is 23.4 Å². The third kappa shape index (κ3) is 4.82. The lowest BCUT2D eigenvalue weighted by molar-refractivity contribution is 0.601. The summed E-state index contributed by atoms with van der Waals surface area (Å²) in [5.41, 5.74) is 0.507. The average Bonchev–Trinajstić information content (AvgIpc) is 2.57. The molecule has 24 heavy (non-hydrogen) atoms. The molecule has 0 spiro atoms. The number of hydrogen-bond donors (Lipinski definition) is 2. The van der Waals surface area contributed by atoms with E-state index in [0.29, 0.717) is 10.9 Å². The highest BCUT2D eigenvalue weighted by atomic mass is 35.5. The van der Waals surface area contributed by atoms with Crippen molar-refractivity contribution in [3.8, 4) is 6.19 Å². The molecule has 0 saturated carbocycles. The molecule has 0 aliphatic rings. The molecule has 2 N–H and O–H groups in total. The van der Waals surface area contributed by atoms with Crippen LogP contribution in [0.1, 0.15) is 0 Å². The van der Waals surface area contributed by atoms with Crippen LogP contribution in [-0.2, 0) is 10.0 Å². The maximum absolute atomic E-state index is 12.3. The smallest absolute Gasteiger partial charge is 0.263 e.